The van der Waals surface area contributed by atoms with Crippen molar-refractivity contribution >= 4 is 21.6 Å². The Hall–Kier alpha value is -0.620. The van der Waals surface area contributed by atoms with Crippen LogP contribution in [0.25, 0.3) is 0 Å². The number of sulfonamides is 1. The number of nitrogens with one attached hydrogen (secondary N) is 2. The molecular formula is C15H23ClN2O2S. The predicted octanol–water partition coefficient (Wildman–Crippen LogP) is 2.92. The number of halogens is 1. The molecular weight excluding hydrogens is 308 g/mol. The van der Waals surface area contributed by atoms with Gasteiger partial charge in [-0.25, -0.2) is 13.1 Å². The fourth-order valence-corrected chi connectivity index (χ4v) is 4.04. The molecule has 1 aromatic rings. The van der Waals surface area contributed by atoms with E-state index in [4.69, 9.17) is 11.6 Å². The average Bonchev–Trinajstić information content (AvgIpc) is 3.24. The Morgan fingerprint density at radius 1 is 1.38 bits per heavy atom. The van der Waals surface area contributed by atoms with E-state index < -0.39 is 10.0 Å². The Kier molecular flexibility index (Phi) is 5.66. The van der Waals surface area contributed by atoms with Gasteiger partial charge >= 0.3 is 0 Å². The van der Waals surface area contributed by atoms with E-state index in [1.165, 1.54) is 18.9 Å². The third-order valence-electron chi connectivity index (χ3n) is 3.83. The summed E-state index contributed by atoms with van der Waals surface area (Å²) in [5, 5.41) is 3.48. The second-order valence-corrected chi connectivity index (χ2v) is 7.81. The Morgan fingerprint density at radius 2 is 2.10 bits per heavy atom. The molecule has 0 aliphatic heterocycles. The van der Waals surface area contributed by atoms with Gasteiger partial charge in [-0.2, -0.15) is 0 Å². The van der Waals surface area contributed by atoms with Gasteiger partial charge in [0.2, 0.25) is 10.0 Å². The van der Waals surface area contributed by atoms with Crippen LogP contribution in [0.2, 0.25) is 5.02 Å². The molecule has 118 valence electrons. The summed E-state index contributed by atoms with van der Waals surface area (Å²) in [4.78, 5) is 0.238. The van der Waals surface area contributed by atoms with Crippen molar-refractivity contribution < 1.29 is 8.42 Å². The molecule has 21 heavy (non-hydrogen) atoms. The van der Waals surface area contributed by atoms with Crippen molar-refractivity contribution in [1.82, 2.24) is 10.0 Å². The average molecular weight is 331 g/mol. The van der Waals surface area contributed by atoms with E-state index in [0.717, 1.165) is 18.4 Å². The van der Waals surface area contributed by atoms with E-state index in [0.29, 0.717) is 17.5 Å². The normalized spacial score (nSPS) is 16.9. The molecule has 0 bridgehead atoms. The van der Waals surface area contributed by atoms with Gasteiger partial charge in [0, 0.05) is 17.6 Å². The molecule has 2 rings (SSSR count). The molecule has 1 atom stereocenters. The molecule has 0 aromatic heterocycles. The van der Waals surface area contributed by atoms with Crippen molar-refractivity contribution in [1.29, 1.82) is 0 Å². The maximum atomic E-state index is 12.4. The molecule has 0 radical (unpaired) electrons. The van der Waals surface area contributed by atoms with Gasteiger partial charge in [0.15, 0.2) is 0 Å². The molecule has 4 nitrogen and oxygen atoms in total. The molecule has 0 heterocycles. The van der Waals surface area contributed by atoms with Gasteiger partial charge in [0.05, 0.1) is 4.90 Å². The summed E-state index contributed by atoms with van der Waals surface area (Å²) in [6.45, 7) is 2.63. The molecule has 1 aliphatic carbocycles. The van der Waals surface area contributed by atoms with Crippen molar-refractivity contribution in [2.24, 2.45) is 5.92 Å². The van der Waals surface area contributed by atoms with E-state index >= 15 is 0 Å². The minimum absolute atomic E-state index is 0.0123. The first-order valence-corrected chi connectivity index (χ1v) is 9.27. The molecule has 0 spiro atoms. The third kappa shape index (κ3) is 4.68. The number of benzene rings is 1. The van der Waals surface area contributed by atoms with Gasteiger partial charge in [0.1, 0.15) is 0 Å². The summed E-state index contributed by atoms with van der Waals surface area (Å²) in [6, 6.07) is 4.92. The molecule has 1 saturated carbocycles. The van der Waals surface area contributed by atoms with Crippen molar-refractivity contribution in [3.8, 4) is 0 Å². The van der Waals surface area contributed by atoms with E-state index in [-0.39, 0.29) is 10.9 Å². The first-order valence-electron chi connectivity index (χ1n) is 7.41. The van der Waals surface area contributed by atoms with Crippen LogP contribution in [0.5, 0.6) is 0 Å². The number of rotatable bonds is 8. The van der Waals surface area contributed by atoms with E-state index in [1.807, 2.05) is 14.0 Å². The molecule has 0 amide bonds. The van der Waals surface area contributed by atoms with Crippen LogP contribution in [0, 0.1) is 5.92 Å². The van der Waals surface area contributed by atoms with E-state index in [2.05, 4.69) is 10.0 Å². The summed E-state index contributed by atoms with van der Waals surface area (Å²) >= 11 is 6.15. The van der Waals surface area contributed by atoms with Gasteiger partial charge in [-0.05, 0) is 43.5 Å². The van der Waals surface area contributed by atoms with Crippen LogP contribution in [0.15, 0.2) is 23.1 Å². The Labute approximate surface area is 132 Å². The topological polar surface area (TPSA) is 58.2 Å². The lowest BCUT2D eigenvalue weighted by atomic mass is 10.1. The Bertz CT molecular complexity index is 585. The maximum Gasteiger partial charge on any atom is 0.240 e. The highest BCUT2D eigenvalue weighted by molar-refractivity contribution is 7.89. The highest BCUT2D eigenvalue weighted by Crippen LogP contribution is 2.34. The van der Waals surface area contributed by atoms with Crippen LogP contribution >= 0.6 is 11.6 Å². The largest absolute Gasteiger partial charge is 0.316 e. The van der Waals surface area contributed by atoms with E-state index in [1.54, 1.807) is 12.1 Å². The molecule has 6 heteroatoms. The van der Waals surface area contributed by atoms with Gasteiger partial charge in [-0.15, -0.1) is 0 Å². The van der Waals surface area contributed by atoms with Crippen LogP contribution in [0.3, 0.4) is 0 Å². The Morgan fingerprint density at radius 3 is 2.62 bits per heavy atom. The van der Waals surface area contributed by atoms with Crippen molar-refractivity contribution in [2.75, 3.05) is 7.05 Å². The first kappa shape index (κ1) is 16.7. The highest BCUT2D eigenvalue weighted by Gasteiger charge is 2.27. The van der Waals surface area contributed by atoms with Gasteiger partial charge in [-0.3, -0.25) is 0 Å². The zero-order valence-corrected chi connectivity index (χ0v) is 14.1. The lowest BCUT2D eigenvalue weighted by Gasteiger charge is -2.17. The minimum Gasteiger partial charge on any atom is -0.316 e. The van der Waals surface area contributed by atoms with Crippen molar-refractivity contribution in [3.63, 3.8) is 0 Å². The van der Waals surface area contributed by atoms with Crippen LogP contribution in [-0.4, -0.2) is 21.5 Å². The second-order valence-electron chi connectivity index (χ2n) is 5.69. The van der Waals surface area contributed by atoms with Crippen LogP contribution in [0.4, 0.5) is 0 Å². The van der Waals surface area contributed by atoms with Crippen molar-refractivity contribution in [2.45, 2.75) is 50.1 Å². The zero-order chi connectivity index (χ0) is 15.5. The summed E-state index contributed by atoms with van der Waals surface area (Å²) in [6.07, 6.45) is 4.19. The monoisotopic (exact) mass is 330 g/mol. The predicted molar refractivity (Wildman–Crippen MR) is 86.0 cm³/mol. The maximum absolute atomic E-state index is 12.4. The molecule has 1 aliphatic rings. The van der Waals surface area contributed by atoms with Gasteiger partial charge in [0.25, 0.3) is 0 Å². The minimum atomic E-state index is -3.50. The quantitative estimate of drug-likeness (QED) is 0.770. The lowest BCUT2D eigenvalue weighted by molar-refractivity contribution is 0.495. The van der Waals surface area contributed by atoms with Crippen LogP contribution < -0.4 is 10.0 Å². The number of hydrogen-bond acceptors (Lipinski definition) is 3. The summed E-state index contributed by atoms with van der Waals surface area (Å²) in [7, 11) is -1.67. The smallest absolute Gasteiger partial charge is 0.240 e. The zero-order valence-electron chi connectivity index (χ0n) is 12.5. The summed E-state index contributed by atoms with van der Waals surface area (Å²) in [5.74, 6) is 0.694. The molecule has 0 saturated heterocycles. The van der Waals surface area contributed by atoms with Gasteiger partial charge < -0.3 is 5.32 Å². The third-order valence-corrected chi connectivity index (χ3v) is 5.70. The highest BCUT2D eigenvalue weighted by atomic mass is 35.5. The van der Waals surface area contributed by atoms with Crippen LogP contribution in [-0.2, 0) is 16.6 Å². The molecule has 2 N–H and O–H groups in total. The van der Waals surface area contributed by atoms with Gasteiger partial charge in [-0.1, -0.05) is 37.4 Å². The Balaban J connectivity index is 2.12. The first-order chi connectivity index (χ1) is 9.96. The summed E-state index contributed by atoms with van der Waals surface area (Å²) in [5.41, 5.74) is 0.892. The second kappa shape index (κ2) is 7.09. The standard InChI is InChI=1S/C15H23ClN2O2S/c1-3-13(8-11-4-5-11)18-21(19,20)14-7-6-12(10-17-2)15(16)9-14/h6-7,9,11,13,17-18H,3-5,8,10H2,1-2H3. The fraction of sp³-hybridized carbons (Fsp3) is 0.600. The lowest BCUT2D eigenvalue weighted by Crippen LogP contribution is -2.34. The fourth-order valence-electron chi connectivity index (χ4n) is 2.37. The molecule has 1 unspecified atom stereocenters. The van der Waals surface area contributed by atoms with Crippen LogP contribution in [0.1, 0.15) is 38.2 Å². The molecule has 1 fully saturated rings. The SMILES string of the molecule is CCC(CC1CC1)NS(=O)(=O)c1ccc(CNC)c(Cl)c1. The van der Waals surface area contributed by atoms with E-state index in [9.17, 15) is 8.42 Å². The summed E-state index contributed by atoms with van der Waals surface area (Å²) < 4.78 is 27.7. The number of hydrogen-bond donors (Lipinski definition) is 2. The van der Waals surface area contributed by atoms with Crippen molar-refractivity contribution in [3.05, 3.63) is 28.8 Å². The molecule has 1 aromatic carbocycles.